The van der Waals surface area contributed by atoms with Crippen LogP contribution < -0.4 is 0 Å². The molecule has 0 aromatic carbocycles. The first kappa shape index (κ1) is 13.2. The summed E-state index contributed by atoms with van der Waals surface area (Å²) in [6.07, 6.45) is 2.59. The Kier molecular flexibility index (Phi) is 3.03. The number of carboxylic acids is 1. The van der Waals surface area contributed by atoms with Crippen molar-refractivity contribution < 1.29 is 19.4 Å². The van der Waals surface area contributed by atoms with Crippen LogP contribution in [0.15, 0.2) is 0 Å². The third kappa shape index (κ3) is 1.95. The number of carboxylic acid groups (broad SMARTS) is 1. The van der Waals surface area contributed by atoms with Crippen molar-refractivity contribution in [1.29, 1.82) is 0 Å². The van der Waals surface area contributed by atoms with E-state index in [0.717, 1.165) is 19.3 Å². The molecule has 0 bridgehead atoms. The van der Waals surface area contributed by atoms with E-state index in [9.17, 15) is 14.7 Å². The van der Waals surface area contributed by atoms with Gasteiger partial charge in [0, 0.05) is 6.54 Å². The molecule has 2 unspecified atom stereocenters. The lowest BCUT2D eigenvalue weighted by molar-refractivity contribution is -0.150. The van der Waals surface area contributed by atoms with E-state index in [2.05, 4.69) is 0 Å². The van der Waals surface area contributed by atoms with E-state index in [1.54, 1.807) is 20.8 Å². The quantitative estimate of drug-likeness (QED) is 0.780. The Morgan fingerprint density at radius 1 is 1.33 bits per heavy atom. The van der Waals surface area contributed by atoms with Crippen LogP contribution in [0.1, 0.15) is 46.5 Å². The summed E-state index contributed by atoms with van der Waals surface area (Å²) in [6.45, 7) is 5.87. The molecule has 0 spiro atoms. The van der Waals surface area contributed by atoms with E-state index in [-0.39, 0.29) is 5.92 Å². The Bertz CT molecular complexity index is 374. The molecule has 1 N–H and O–H groups in total. The van der Waals surface area contributed by atoms with Crippen LogP contribution in [0.25, 0.3) is 0 Å². The monoisotopic (exact) mass is 255 g/mol. The number of hydrogen-bond donors (Lipinski definition) is 1. The van der Waals surface area contributed by atoms with Gasteiger partial charge >= 0.3 is 12.1 Å². The highest BCUT2D eigenvalue weighted by Gasteiger charge is 2.59. The summed E-state index contributed by atoms with van der Waals surface area (Å²) in [4.78, 5) is 25.2. The lowest BCUT2D eigenvalue weighted by atomic mass is 9.88. The van der Waals surface area contributed by atoms with Gasteiger partial charge < -0.3 is 9.84 Å². The molecule has 1 saturated carbocycles. The van der Waals surface area contributed by atoms with Gasteiger partial charge in [-0.05, 0) is 46.0 Å². The number of aliphatic carboxylic acids is 1. The van der Waals surface area contributed by atoms with Crippen molar-refractivity contribution in [2.45, 2.75) is 57.6 Å². The van der Waals surface area contributed by atoms with Gasteiger partial charge in [0.2, 0.25) is 0 Å². The van der Waals surface area contributed by atoms with Crippen LogP contribution in [-0.2, 0) is 9.53 Å². The normalized spacial score (nSPS) is 31.3. The molecule has 0 aromatic heterocycles. The molecule has 0 aromatic rings. The van der Waals surface area contributed by atoms with Gasteiger partial charge in [-0.15, -0.1) is 0 Å². The predicted octanol–water partition coefficient (Wildman–Crippen LogP) is 2.25. The summed E-state index contributed by atoms with van der Waals surface area (Å²) in [5.74, 6) is -0.795. The summed E-state index contributed by atoms with van der Waals surface area (Å²) >= 11 is 0. The number of ether oxygens (including phenoxy) is 1. The maximum absolute atomic E-state index is 12.2. The highest BCUT2D eigenvalue weighted by Crippen LogP contribution is 2.47. The lowest BCUT2D eigenvalue weighted by Gasteiger charge is -2.35. The number of fused-ring (bicyclic) bond motifs is 1. The van der Waals surface area contributed by atoms with Gasteiger partial charge in [0.15, 0.2) is 0 Å². The van der Waals surface area contributed by atoms with Gasteiger partial charge in [-0.2, -0.15) is 0 Å². The summed E-state index contributed by atoms with van der Waals surface area (Å²) in [6, 6.07) is 0. The molecule has 2 fully saturated rings. The Morgan fingerprint density at radius 2 is 2.00 bits per heavy atom. The first-order valence-electron chi connectivity index (χ1n) is 6.51. The van der Waals surface area contributed by atoms with E-state index in [0.29, 0.717) is 13.0 Å². The summed E-state index contributed by atoms with van der Waals surface area (Å²) in [5, 5.41) is 9.54. The van der Waals surface area contributed by atoms with Crippen molar-refractivity contribution in [2.24, 2.45) is 5.92 Å². The first-order chi connectivity index (χ1) is 8.27. The van der Waals surface area contributed by atoms with Crippen molar-refractivity contribution in [3.05, 3.63) is 0 Å². The molecule has 1 saturated heterocycles. The molecular formula is C13H21NO4. The minimum Gasteiger partial charge on any atom is -0.479 e. The first-order valence-corrected chi connectivity index (χ1v) is 6.51. The van der Waals surface area contributed by atoms with Gasteiger partial charge in [0.05, 0.1) is 0 Å². The van der Waals surface area contributed by atoms with Crippen LogP contribution in [0.5, 0.6) is 0 Å². The van der Waals surface area contributed by atoms with Crippen molar-refractivity contribution in [1.82, 2.24) is 4.90 Å². The fourth-order valence-electron chi connectivity index (χ4n) is 3.25. The van der Waals surface area contributed by atoms with Crippen molar-refractivity contribution in [3.63, 3.8) is 0 Å². The van der Waals surface area contributed by atoms with Crippen LogP contribution in [0.3, 0.4) is 0 Å². The molecule has 2 atom stereocenters. The number of likely N-dealkylation sites (tertiary alicyclic amines) is 1. The highest BCUT2D eigenvalue weighted by molar-refractivity contribution is 5.86. The van der Waals surface area contributed by atoms with Gasteiger partial charge in [-0.25, -0.2) is 9.59 Å². The molecule has 5 nitrogen and oxygen atoms in total. The largest absolute Gasteiger partial charge is 0.479 e. The molecule has 2 rings (SSSR count). The molecule has 0 radical (unpaired) electrons. The van der Waals surface area contributed by atoms with Crippen molar-refractivity contribution in [2.75, 3.05) is 6.54 Å². The zero-order valence-corrected chi connectivity index (χ0v) is 11.2. The topological polar surface area (TPSA) is 66.8 Å². The summed E-state index contributed by atoms with van der Waals surface area (Å²) in [7, 11) is 0. The summed E-state index contributed by atoms with van der Waals surface area (Å²) in [5.41, 5.74) is -1.60. The fraction of sp³-hybridized carbons (Fsp3) is 0.846. The van der Waals surface area contributed by atoms with E-state index in [4.69, 9.17) is 4.74 Å². The third-order valence-corrected chi connectivity index (χ3v) is 3.95. The molecular weight excluding hydrogens is 234 g/mol. The summed E-state index contributed by atoms with van der Waals surface area (Å²) < 4.78 is 5.33. The second-order valence-electron chi connectivity index (χ2n) is 6.24. The van der Waals surface area contributed by atoms with Gasteiger partial charge in [-0.3, -0.25) is 4.90 Å². The molecule has 1 amide bonds. The highest BCUT2D eigenvalue weighted by atomic mass is 16.6. The molecule has 5 heteroatoms. The average molecular weight is 255 g/mol. The van der Waals surface area contributed by atoms with Crippen LogP contribution >= 0.6 is 0 Å². The predicted molar refractivity (Wildman–Crippen MR) is 65.3 cm³/mol. The Balaban J connectivity index is 2.23. The van der Waals surface area contributed by atoms with Crippen LogP contribution in [0.4, 0.5) is 4.79 Å². The van der Waals surface area contributed by atoms with Crippen LogP contribution in [0, 0.1) is 5.92 Å². The Labute approximate surface area is 107 Å². The van der Waals surface area contributed by atoms with E-state index >= 15 is 0 Å². The SMILES string of the molecule is CC(C)(C)OC(=O)N1CCC2CCCC21C(=O)O. The molecule has 1 heterocycles. The molecule has 18 heavy (non-hydrogen) atoms. The zero-order valence-electron chi connectivity index (χ0n) is 11.2. The minimum atomic E-state index is -1.01. The molecule has 102 valence electrons. The number of amides is 1. The van der Waals surface area contributed by atoms with E-state index in [1.807, 2.05) is 0 Å². The van der Waals surface area contributed by atoms with E-state index in [1.165, 1.54) is 4.90 Å². The second-order valence-corrected chi connectivity index (χ2v) is 6.24. The second kappa shape index (κ2) is 4.14. The third-order valence-electron chi connectivity index (χ3n) is 3.95. The van der Waals surface area contributed by atoms with Gasteiger partial charge in [-0.1, -0.05) is 6.42 Å². The van der Waals surface area contributed by atoms with Gasteiger partial charge in [0.1, 0.15) is 11.1 Å². The number of nitrogens with zero attached hydrogens (tertiary/aromatic N) is 1. The Morgan fingerprint density at radius 3 is 2.56 bits per heavy atom. The number of hydrogen-bond acceptors (Lipinski definition) is 3. The molecule has 1 aliphatic carbocycles. The standard InChI is InChI=1S/C13H21NO4/c1-12(2,3)18-11(17)14-8-6-9-5-4-7-13(9,14)10(15)16/h9H,4-8H2,1-3H3,(H,15,16). The maximum atomic E-state index is 12.2. The fourth-order valence-corrected chi connectivity index (χ4v) is 3.25. The van der Waals surface area contributed by atoms with Crippen molar-refractivity contribution in [3.8, 4) is 0 Å². The number of carbonyl (C=O) groups excluding carboxylic acids is 1. The average Bonchev–Trinajstić information content (AvgIpc) is 2.70. The molecule has 1 aliphatic heterocycles. The van der Waals surface area contributed by atoms with E-state index < -0.39 is 23.2 Å². The minimum absolute atomic E-state index is 0.0857. The lowest BCUT2D eigenvalue weighted by Crippen LogP contribution is -2.55. The van der Waals surface area contributed by atoms with Gasteiger partial charge in [0.25, 0.3) is 0 Å². The van der Waals surface area contributed by atoms with Crippen LogP contribution in [0.2, 0.25) is 0 Å². The number of rotatable bonds is 1. The van der Waals surface area contributed by atoms with Crippen molar-refractivity contribution >= 4 is 12.1 Å². The smallest absolute Gasteiger partial charge is 0.411 e. The molecule has 2 aliphatic rings. The maximum Gasteiger partial charge on any atom is 0.411 e. The number of carbonyl (C=O) groups is 2. The zero-order chi connectivity index (χ0) is 13.6. The Hall–Kier alpha value is -1.26. The van der Waals surface area contributed by atoms with Crippen LogP contribution in [-0.4, -0.2) is 39.8 Å².